The molecule has 4 atom stereocenters. The second kappa shape index (κ2) is 13.6. The second-order valence-electron chi connectivity index (χ2n) is 10.9. The average molecular weight is 576 g/mol. The van der Waals surface area contributed by atoms with E-state index < -0.39 is 6.29 Å². The van der Waals surface area contributed by atoms with Gasteiger partial charge in [-0.05, 0) is 59.9 Å². The number of hydrogen-bond donors (Lipinski definition) is 3. The highest BCUT2D eigenvalue weighted by Crippen LogP contribution is 2.43. The van der Waals surface area contributed by atoms with Gasteiger partial charge in [0, 0.05) is 43.3 Å². The Kier molecular flexibility index (Phi) is 9.64. The summed E-state index contributed by atoms with van der Waals surface area (Å²) in [6.07, 6.45) is -0.0434. The molecule has 0 aromatic heterocycles. The van der Waals surface area contributed by atoms with Gasteiger partial charge in [0.25, 0.3) is 0 Å². The molecule has 2 amide bonds. The van der Waals surface area contributed by atoms with Crippen molar-refractivity contribution in [2.45, 2.75) is 51.9 Å². The quantitative estimate of drug-likeness (QED) is 0.323. The van der Waals surface area contributed by atoms with Gasteiger partial charge in [0.05, 0.1) is 33.0 Å². The number of fused-ring (bicyclic) bond motifs is 1. The maximum Gasteiger partial charge on any atom is 0.319 e. The smallest absolute Gasteiger partial charge is 0.319 e. The highest BCUT2D eigenvalue weighted by Gasteiger charge is 2.39. The second-order valence-corrected chi connectivity index (χ2v) is 10.9. The number of rotatable bonds is 9. The number of aliphatic hydroxyl groups is 1. The minimum Gasteiger partial charge on any atom is -0.493 e. The number of hydrogen-bond acceptors (Lipinski definition) is 7. The zero-order valence-electron chi connectivity index (χ0n) is 24.8. The number of nitrogens with one attached hydrogen (secondary N) is 2. The van der Waals surface area contributed by atoms with Crippen molar-refractivity contribution < 1.29 is 28.8 Å². The zero-order chi connectivity index (χ0) is 29.6. The summed E-state index contributed by atoms with van der Waals surface area (Å²) in [6.45, 7) is 7.01. The summed E-state index contributed by atoms with van der Waals surface area (Å²) in [4.78, 5) is 14.6. The molecule has 224 valence electrons. The van der Waals surface area contributed by atoms with Crippen LogP contribution in [-0.2, 0) is 29.0 Å². The third-order valence-corrected chi connectivity index (χ3v) is 8.11. The van der Waals surface area contributed by atoms with E-state index in [1.165, 1.54) is 11.1 Å². The van der Waals surface area contributed by atoms with Crippen LogP contribution >= 0.6 is 0 Å². The first-order chi connectivity index (χ1) is 20.4. The Labute approximate surface area is 247 Å². The van der Waals surface area contributed by atoms with Crippen molar-refractivity contribution in [1.82, 2.24) is 10.2 Å². The molecule has 1 saturated heterocycles. The molecule has 2 aliphatic rings. The summed E-state index contributed by atoms with van der Waals surface area (Å²) in [6, 6.07) is 19.4. The van der Waals surface area contributed by atoms with E-state index in [0.717, 1.165) is 54.2 Å². The molecule has 0 radical (unpaired) electrons. The lowest BCUT2D eigenvalue weighted by atomic mass is 9.89. The number of methoxy groups -OCH3 is 2. The van der Waals surface area contributed by atoms with Gasteiger partial charge >= 0.3 is 6.03 Å². The number of amides is 2. The first-order valence-electron chi connectivity index (χ1n) is 14.5. The number of anilines is 1. The molecular formula is C33H41N3O6. The lowest BCUT2D eigenvalue weighted by Gasteiger charge is -2.43. The Morgan fingerprint density at radius 3 is 2.43 bits per heavy atom. The van der Waals surface area contributed by atoms with Gasteiger partial charge in [0.1, 0.15) is 0 Å². The van der Waals surface area contributed by atoms with Crippen molar-refractivity contribution >= 4 is 11.7 Å². The van der Waals surface area contributed by atoms with E-state index in [1.54, 1.807) is 14.2 Å². The molecule has 0 aliphatic carbocycles. The Bertz CT molecular complexity index is 1360. The molecule has 3 aromatic carbocycles. The van der Waals surface area contributed by atoms with E-state index in [2.05, 4.69) is 34.6 Å². The SMILES string of the molecule is CCNC(=O)Nc1cccc(C2OC(CN3CCc4cc(OC)c(OC)cc4C3)C(C)C(c3ccc(CO)cc3)O2)c1. The molecule has 3 N–H and O–H groups in total. The van der Waals surface area contributed by atoms with Gasteiger partial charge in [0.15, 0.2) is 17.8 Å². The van der Waals surface area contributed by atoms with Gasteiger partial charge in [-0.2, -0.15) is 0 Å². The molecule has 42 heavy (non-hydrogen) atoms. The monoisotopic (exact) mass is 575 g/mol. The number of carbonyl (C=O) groups is 1. The Morgan fingerprint density at radius 2 is 1.74 bits per heavy atom. The van der Waals surface area contributed by atoms with Crippen molar-refractivity contribution in [3.05, 3.63) is 88.5 Å². The fourth-order valence-corrected chi connectivity index (χ4v) is 5.78. The molecular weight excluding hydrogens is 534 g/mol. The molecule has 3 aromatic rings. The van der Waals surface area contributed by atoms with Crippen LogP contribution < -0.4 is 20.1 Å². The van der Waals surface area contributed by atoms with Crippen molar-refractivity contribution in [3.63, 3.8) is 0 Å². The van der Waals surface area contributed by atoms with E-state index in [0.29, 0.717) is 12.2 Å². The van der Waals surface area contributed by atoms with E-state index in [4.69, 9.17) is 18.9 Å². The van der Waals surface area contributed by atoms with Crippen LogP contribution in [0.4, 0.5) is 10.5 Å². The predicted molar refractivity (Wildman–Crippen MR) is 161 cm³/mol. The van der Waals surface area contributed by atoms with Crippen LogP contribution in [-0.4, -0.2) is 56.0 Å². The number of urea groups is 1. The number of benzene rings is 3. The molecule has 0 saturated carbocycles. The van der Waals surface area contributed by atoms with Gasteiger partial charge < -0.3 is 34.7 Å². The third kappa shape index (κ3) is 6.71. The summed E-state index contributed by atoms with van der Waals surface area (Å²) in [5.41, 5.74) is 5.90. The molecule has 4 unspecified atom stereocenters. The van der Waals surface area contributed by atoms with Gasteiger partial charge in [-0.3, -0.25) is 4.90 Å². The fourth-order valence-electron chi connectivity index (χ4n) is 5.78. The summed E-state index contributed by atoms with van der Waals surface area (Å²) in [5.74, 6) is 1.55. The van der Waals surface area contributed by atoms with Gasteiger partial charge in [-0.1, -0.05) is 43.3 Å². The van der Waals surface area contributed by atoms with Crippen LogP contribution in [0, 0.1) is 5.92 Å². The molecule has 2 aliphatic heterocycles. The number of nitrogens with zero attached hydrogens (tertiary/aromatic N) is 1. The number of ether oxygens (including phenoxy) is 4. The summed E-state index contributed by atoms with van der Waals surface area (Å²) in [7, 11) is 3.33. The molecule has 9 nitrogen and oxygen atoms in total. The largest absolute Gasteiger partial charge is 0.493 e. The van der Waals surface area contributed by atoms with Crippen LogP contribution in [0.3, 0.4) is 0 Å². The predicted octanol–water partition coefficient (Wildman–Crippen LogP) is 5.19. The van der Waals surface area contributed by atoms with E-state index in [-0.39, 0.29) is 30.8 Å². The standard InChI is InChI=1S/C33H41N3O6/c1-5-34-33(38)35-27-8-6-7-25(15-27)32-41-30(21(2)31(42-32)23-11-9-22(20-37)10-12-23)19-36-14-13-24-16-28(39-3)29(40-4)17-26(24)18-36/h6-12,15-17,21,30-32,37H,5,13-14,18-20H2,1-4H3,(H2,34,35,38). The average Bonchev–Trinajstić information content (AvgIpc) is 3.01. The normalized spacial score (nSPS) is 22.2. The van der Waals surface area contributed by atoms with Crippen molar-refractivity contribution in [3.8, 4) is 11.5 Å². The molecule has 1 fully saturated rings. The molecule has 9 heteroatoms. The lowest BCUT2D eigenvalue weighted by molar-refractivity contribution is -0.276. The number of carbonyl (C=O) groups excluding carboxylic acids is 1. The van der Waals surface area contributed by atoms with Crippen molar-refractivity contribution in [2.75, 3.05) is 39.2 Å². The minimum atomic E-state index is -0.619. The maximum absolute atomic E-state index is 12.1. The van der Waals surface area contributed by atoms with E-state index in [9.17, 15) is 9.90 Å². The number of aliphatic hydroxyl groups excluding tert-OH is 1. The zero-order valence-corrected chi connectivity index (χ0v) is 24.8. The summed E-state index contributed by atoms with van der Waals surface area (Å²) >= 11 is 0. The molecule has 2 heterocycles. The van der Waals surface area contributed by atoms with E-state index in [1.807, 2.05) is 55.5 Å². The Morgan fingerprint density at radius 1 is 1.00 bits per heavy atom. The molecule has 0 spiro atoms. The Balaban J connectivity index is 1.39. The van der Waals surface area contributed by atoms with Crippen LogP contribution in [0.15, 0.2) is 60.7 Å². The van der Waals surface area contributed by atoms with Gasteiger partial charge in [0.2, 0.25) is 0 Å². The fraction of sp³-hybridized carbons (Fsp3) is 0.424. The summed E-state index contributed by atoms with van der Waals surface area (Å²) in [5, 5.41) is 15.2. The van der Waals surface area contributed by atoms with Crippen LogP contribution in [0.2, 0.25) is 0 Å². The van der Waals surface area contributed by atoms with Crippen LogP contribution in [0.25, 0.3) is 0 Å². The van der Waals surface area contributed by atoms with Crippen molar-refractivity contribution in [1.29, 1.82) is 0 Å². The van der Waals surface area contributed by atoms with Crippen LogP contribution in [0.1, 0.15) is 54.1 Å². The Hall–Kier alpha value is -3.63. The highest BCUT2D eigenvalue weighted by molar-refractivity contribution is 5.89. The van der Waals surface area contributed by atoms with E-state index >= 15 is 0 Å². The topological polar surface area (TPSA) is 102 Å². The lowest BCUT2D eigenvalue weighted by Crippen LogP contribution is -2.45. The molecule has 0 bridgehead atoms. The van der Waals surface area contributed by atoms with Crippen molar-refractivity contribution in [2.24, 2.45) is 5.92 Å². The van der Waals surface area contributed by atoms with Crippen LogP contribution in [0.5, 0.6) is 11.5 Å². The third-order valence-electron chi connectivity index (χ3n) is 8.11. The highest BCUT2D eigenvalue weighted by atomic mass is 16.7. The first kappa shape index (κ1) is 29.8. The molecule has 5 rings (SSSR count). The summed E-state index contributed by atoms with van der Waals surface area (Å²) < 4.78 is 24.4. The maximum atomic E-state index is 12.1. The first-order valence-corrected chi connectivity index (χ1v) is 14.5. The minimum absolute atomic E-state index is 0.00574. The van der Waals surface area contributed by atoms with Gasteiger partial charge in [-0.15, -0.1) is 0 Å². The van der Waals surface area contributed by atoms with Gasteiger partial charge in [-0.25, -0.2) is 4.79 Å².